The molecule has 7 heteroatoms. The number of hydrogen-bond donors (Lipinski definition) is 1. The van der Waals surface area contributed by atoms with E-state index in [2.05, 4.69) is 10.3 Å². The molecule has 0 bridgehead atoms. The number of thiazole rings is 1. The fourth-order valence-corrected chi connectivity index (χ4v) is 1.71. The lowest BCUT2D eigenvalue weighted by atomic mass is 10.4. The third kappa shape index (κ3) is 3.80. The van der Waals surface area contributed by atoms with Gasteiger partial charge in [-0.05, 0) is 25.2 Å². The first-order chi connectivity index (χ1) is 7.13. The van der Waals surface area contributed by atoms with Gasteiger partial charge in [0.25, 0.3) is 0 Å². The van der Waals surface area contributed by atoms with E-state index in [4.69, 9.17) is 4.74 Å². The zero-order chi connectivity index (χ0) is 11.3. The maximum absolute atomic E-state index is 10.4. The van der Waals surface area contributed by atoms with Crippen molar-refractivity contribution in [2.75, 3.05) is 18.5 Å². The lowest BCUT2D eigenvalue weighted by molar-refractivity contribution is -0.380. The van der Waals surface area contributed by atoms with E-state index >= 15 is 0 Å². The molecule has 84 valence electrons. The topological polar surface area (TPSA) is 77.3 Å². The van der Waals surface area contributed by atoms with Gasteiger partial charge in [-0.25, -0.2) is 4.98 Å². The molecule has 0 amide bonds. The third-order valence-corrected chi connectivity index (χ3v) is 2.50. The average molecular weight is 231 g/mol. The largest absolute Gasteiger partial charge is 0.380 e. The van der Waals surface area contributed by atoms with Gasteiger partial charge < -0.3 is 10.1 Å². The van der Waals surface area contributed by atoms with Crippen LogP contribution in [0.4, 0.5) is 10.1 Å². The molecule has 1 unspecified atom stereocenters. The Balaban J connectivity index is 2.46. The van der Waals surface area contributed by atoms with Crippen LogP contribution < -0.4 is 5.32 Å². The summed E-state index contributed by atoms with van der Waals surface area (Å²) in [6.07, 6.45) is 1.25. The summed E-state index contributed by atoms with van der Waals surface area (Å²) in [6, 6.07) is 0.0932. The molecule has 1 N–H and O–H groups in total. The first kappa shape index (κ1) is 11.9. The Bertz CT molecular complexity index is 329. The SMILES string of the molecule is CCOCC(C)Nc1ncc([N+](=O)[O-])s1. The predicted octanol–water partition coefficient (Wildman–Crippen LogP) is 1.89. The van der Waals surface area contributed by atoms with Crippen molar-refractivity contribution >= 4 is 21.5 Å². The Kier molecular flexibility index (Phi) is 4.44. The zero-order valence-corrected chi connectivity index (χ0v) is 9.41. The van der Waals surface area contributed by atoms with Gasteiger partial charge in [-0.2, -0.15) is 0 Å². The van der Waals surface area contributed by atoms with Crippen LogP contribution in [-0.4, -0.2) is 29.2 Å². The van der Waals surface area contributed by atoms with Crippen molar-refractivity contribution in [3.8, 4) is 0 Å². The summed E-state index contributed by atoms with van der Waals surface area (Å²) in [6.45, 7) is 5.07. The van der Waals surface area contributed by atoms with Crippen molar-refractivity contribution in [1.29, 1.82) is 0 Å². The molecule has 15 heavy (non-hydrogen) atoms. The van der Waals surface area contributed by atoms with Crippen LogP contribution in [0.2, 0.25) is 0 Å². The number of nitro groups is 1. The summed E-state index contributed by atoms with van der Waals surface area (Å²) in [7, 11) is 0. The van der Waals surface area contributed by atoms with Crippen LogP contribution in [0.5, 0.6) is 0 Å². The van der Waals surface area contributed by atoms with Crippen molar-refractivity contribution in [1.82, 2.24) is 4.98 Å². The Morgan fingerprint density at radius 3 is 3.07 bits per heavy atom. The summed E-state index contributed by atoms with van der Waals surface area (Å²) in [5, 5.41) is 14.0. The van der Waals surface area contributed by atoms with Crippen LogP contribution in [0, 0.1) is 10.1 Å². The molecule has 1 aromatic rings. The van der Waals surface area contributed by atoms with Gasteiger partial charge in [0.05, 0.1) is 11.5 Å². The molecule has 0 aliphatic heterocycles. The zero-order valence-electron chi connectivity index (χ0n) is 8.60. The van der Waals surface area contributed by atoms with Crippen molar-refractivity contribution in [3.63, 3.8) is 0 Å². The molecular formula is C8H13N3O3S. The summed E-state index contributed by atoms with van der Waals surface area (Å²) in [4.78, 5) is 13.8. The van der Waals surface area contributed by atoms with Crippen LogP contribution in [-0.2, 0) is 4.74 Å². The molecule has 0 saturated carbocycles. The van der Waals surface area contributed by atoms with Crippen molar-refractivity contribution < 1.29 is 9.66 Å². The molecule has 0 saturated heterocycles. The van der Waals surface area contributed by atoms with Crippen LogP contribution in [0.1, 0.15) is 13.8 Å². The van der Waals surface area contributed by atoms with E-state index in [-0.39, 0.29) is 11.0 Å². The number of rotatable bonds is 6. The molecule has 6 nitrogen and oxygen atoms in total. The second-order valence-electron chi connectivity index (χ2n) is 2.97. The highest BCUT2D eigenvalue weighted by Crippen LogP contribution is 2.25. The van der Waals surface area contributed by atoms with Gasteiger partial charge in [0, 0.05) is 12.6 Å². The molecule has 0 spiro atoms. The Labute approximate surface area is 91.4 Å². The maximum Gasteiger partial charge on any atom is 0.345 e. The quantitative estimate of drug-likeness (QED) is 0.597. The molecule has 0 aliphatic rings. The fourth-order valence-electron chi connectivity index (χ4n) is 0.964. The van der Waals surface area contributed by atoms with Gasteiger partial charge >= 0.3 is 5.00 Å². The number of nitrogens with one attached hydrogen (secondary N) is 1. The van der Waals surface area contributed by atoms with Crippen LogP contribution in [0.15, 0.2) is 6.20 Å². The number of anilines is 1. The Morgan fingerprint density at radius 1 is 1.80 bits per heavy atom. The van der Waals surface area contributed by atoms with E-state index in [0.29, 0.717) is 18.3 Å². The summed E-state index contributed by atoms with van der Waals surface area (Å²) in [5.74, 6) is 0. The van der Waals surface area contributed by atoms with E-state index in [0.717, 1.165) is 11.3 Å². The van der Waals surface area contributed by atoms with Crippen LogP contribution in [0.25, 0.3) is 0 Å². The molecule has 1 atom stereocenters. The first-order valence-corrected chi connectivity index (χ1v) is 5.39. The summed E-state index contributed by atoms with van der Waals surface area (Å²) < 4.78 is 5.20. The smallest absolute Gasteiger partial charge is 0.345 e. The highest BCUT2D eigenvalue weighted by molar-refractivity contribution is 7.18. The highest BCUT2D eigenvalue weighted by Gasteiger charge is 2.12. The summed E-state index contributed by atoms with van der Waals surface area (Å²) in [5.41, 5.74) is 0. The number of aromatic nitrogens is 1. The highest BCUT2D eigenvalue weighted by atomic mass is 32.1. The van der Waals surface area contributed by atoms with Gasteiger partial charge in [-0.1, -0.05) is 0 Å². The van der Waals surface area contributed by atoms with E-state index in [1.807, 2.05) is 13.8 Å². The molecule has 0 aliphatic carbocycles. The van der Waals surface area contributed by atoms with Crippen LogP contribution >= 0.6 is 11.3 Å². The summed E-state index contributed by atoms with van der Waals surface area (Å²) >= 11 is 1.03. The minimum Gasteiger partial charge on any atom is -0.380 e. The minimum absolute atomic E-state index is 0.0427. The first-order valence-electron chi connectivity index (χ1n) is 4.58. The lowest BCUT2D eigenvalue weighted by Crippen LogP contribution is -2.21. The Hall–Kier alpha value is -1.21. The van der Waals surface area contributed by atoms with Crippen LogP contribution in [0.3, 0.4) is 0 Å². The van der Waals surface area contributed by atoms with Gasteiger partial charge in [0.2, 0.25) is 0 Å². The normalized spacial score (nSPS) is 12.4. The van der Waals surface area contributed by atoms with Crippen molar-refractivity contribution in [2.24, 2.45) is 0 Å². The molecular weight excluding hydrogens is 218 g/mol. The van der Waals surface area contributed by atoms with E-state index < -0.39 is 4.92 Å². The van der Waals surface area contributed by atoms with E-state index in [9.17, 15) is 10.1 Å². The standard InChI is InChI=1S/C8H13N3O3S/c1-3-14-5-6(2)10-8-9-4-7(15-8)11(12)13/h4,6H,3,5H2,1-2H3,(H,9,10). The van der Waals surface area contributed by atoms with Gasteiger partial charge in [0.15, 0.2) is 5.13 Å². The van der Waals surface area contributed by atoms with E-state index in [1.165, 1.54) is 6.20 Å². The minimum atomic E-state index is -0.448. The third-order valence-electron chi connectivity index (χ3n) is 1.62. The predicted molar refractivity (Wildman–Crippen MR) is 58.3 cm³/mol. The fraction of sp³-hybridized carbons (Fsp3) is 0.625. The van der Waals surface area contributed by atoms with E-state index in [1.54, 1.807) is 0 Å². The molecule has 1 aromatic heterocycles. The van der Waals surface area contributed by atoms with Crippen molar-refractivity contribution in [2.45, 2.75) is 19.9 Å². The molecule has 0 fully saturated rings. The second kappa shape index (κ2) is 5.62. The maximum atomic E-state index is 10.4. The molecule has 1 rings (SSSR count). The van der Waals surface area contributed by atoms with Gasteiger partial charge in [-0.15, -0.1) is 0 Å². The molecule has 0 radical (unpaired) electrons. The Morgan fingerprint density at radius 2 is 2.53 bits per heavy atom. The number of hydrogen-bond acceptors (Lipinski definition) is 6. The lowest BCUT2D eigenvalue weighted by Gasteiger charge is -2.11. The number of nitrogens with zero attached hydrogens (tertiary/aromatic N) is 2. The van der Waals surface area contributed by atoms with Crippen molar-refractivity contribution in [3.05, 3.63) is 16.3 Å². The number of ether oxygens (including phenoxy) is 1. The monoisotopic (exact) mass is 231 g/mol. The average Bonchev–Trinajstić information content (AvgIpc) is 2.63. The molecule has 0 aromatic carbocycles. The van der Waals surface area contributed by atoms with Gasteiger partial charge in [0.1, 0.15) is 6.20 Å². The van der Waals surface area contributed by atoms with Gasteiger partial charge in [-0.3, -0.25) is 10.1 Å². The molecule has 1 heterocycles. The second-order valence-corrected chi connectivity index (χ2v) is 3.97.